The van der Waals surface area contributed by atoms with Gasteiger partial charge in [-0.05, 0) is 12.8 Å². The number of Topliss-reactive ketones (excluding diaryl/α,β-unsaturated/α-hetero) is 1. The summed E-state index contributed by atoms with van der Waals surface area (Å²) in [5, 5.41) is 0. The first-order chi connectivity index (χ1) is 11.5. The molecule has 7 heteroatoms. The van der Waals surface area contributed by atoms with Crippen molar-refractivity contribution in [1.82, 2.24) is 14.9 Å². The van der Waals surface area contributed by atoms with E-state index in [-0.39, 0.29) is 23.7 Å². The van der Waals surface area contributed by atoms with Crippen molar-refractivity contribution in [2.45, 2.75) is 38.2 Å². The molecule has 1 saturated carbocycles. The molecule has 1 aliphatic carbocycles. The Morgan fingerprint density at radius 2 is 2.00 bits per heavy atom. The summed E-state index contributed by atoms with van der Waals surface area (Å²) in [4.78, 5) is 36.2. The summed E-state index contributed by atoms with van der Waals surface area (Å²) in [6.45, 7) is 1.28. The molecule has 1 aliphatic heterocycles. The quantitative estimate of drug-likeness (QED) is 0.827. The monoisotopic (exact) mass is 332 g/mol. The molecule has 0 radical (unpaired) electrons. The maximum atomic E-state index is 12.6. The minimum absolute atomic E-state index is 0.00156. The molecule has 3 rings (SSSR count). The van der Waals surface area contributed by atoms with Crippen LogP contribution >= 0.6 is 0 Å². The number of hydrogen-bond donors (Lipinski definition) is 0. The van der Waals surface area contributed by atoms with Gasteiger partial charge in [-0.2, -0.15) is 4.98 Å². The third-order valence-corrected chi connectivity index (χ3v) is 4.69. The number of aromatic nitrogens is 2. The number of carbonyl (C=O) groups excluding carboxylic acids is 2. The number of ketones is 1. The SMILES string of the molecule is CN(C)c1cncc(OC2CCN(C(=O)C3CCC(=O)CC3)C2)n1. The van der Waals surface area contributed by atoms with E-state index >= 15 is 0 Å². The fourth-order valence-corrected chi connectivity index (χ4v) is 3.25. The van der Waals surface area contributed by atoms with Gasteiger partial charge in [-0.25, -0.2) is 0 Å². The molecule has 0 N–H and O–H groups in total. The van der Waals surface area contributed by atoms with Crippen LogP contribution in [0.3, 0.4) is 0 Å². The van der Waals surface area contributed by atoms with E-state index in [0.29, 0.717) is 44.7 Å². The van der Waals surface area contributed by atoms with Gasteiger partial charge < -0.3 is 14.5 Å². The maximum absolute atomic E-state index is 12.6. The second-order valence-electron chi connectivity index (χ2n) is 6.74. The largest absolute Gasteiger partial charge is 0.471 e. The molecule has 1 saturated heterocycles. The molecule has 1 unspecified atom stereocenters. The summed E-state index contributed by atoms with van der Waals surface area (Å²) in [5.41, 5.74) is 0. The highest BCUT2D eigenvalue weighted by atomic mass is 16.5. The molecule has 2 aliphatic rings. The number of ether oxygens (including phenoxy) is 1. The Morgan fingerprint density at radius 3 is 2.71 bits per heavy atom. The molecule has 0 bridgehead atoms. The van der Waals surface area contributed by atoms with Crippen LogP contribution in [-0.2, 0) is 9.59 Å². The average molecular weight is 332 g/mol. The first-order valence-electron chi connectivity index (χ1n) is 8.49. The molecule has 1 atom stereocenters. The van der Waals surface area contributed by atoms with Gasteiger partial charge in [0, 0.05) is 45.8 Å². The van der Waals surface area contributed by atoms with Crippen molar-refractivity contribution in [2.24, 2.45) is 5.92 Å². The Balaban J connectivity index is 1.54. The standard InChI is InChI=1S/C17H24N4O3/c1-20(2)15-9-18-10-16(19-15)24-14-7-8-21(11-14)17(23)12-3-5-13(22)6-4-12/h9-10,12,14H,3-8,11H2,1-2H3. The van der Waals surface area contributed by atoms with E-state index in [1.807, 2.05) is 23.9 Å². The van der Waals surface area contributed by atoms with E-state index in [9.17, 15) is 9.59 Å². The van der Waals surface area contributed by atoms with Crippen molar-refractivity contribution in [2.75, 3.05) is 32.1 Å². The Morgan fingerprint density at radius 1 is 1.25 bits per heavy atom. The van der Waals surface area contributed by atoms with Crippen molar-refractivity contribution in [1.29, 1.82) is 0 Å². The van der Waals surface area contributed by atoms with Gasteiger partial charge in [-0.1, -0.05) is 0 Å². The van der Waals surface area contributed by atoms with Crippen LogP contribution in [0.2, 0.25) is 0 Å². The minimum atomic E-state index is -0.0501. The molecule has 7 nitrogen and oxygen atoms in total. The number of rotatable bonds is 4. The number of anilines is 1. The highest BCUT2D eigenvalue weighted by Crippen LogP contribution is 2.26. The summed E-state index contributed by atoms with van der Waals surface area (Å²) in [6.07, 6.45) is 6.49. The smallest absolute Gasteiger partial charge is 0.234 e. The maximum Gasteiger partial charge on any atom is 0.234 e. The lowest BCUT2D eigenvalue weighted by Gasteiger charge is -2.25. The number of carbonyl (C=O) groups is 2. The van der Waals surface area contributed by atoms with Crippen LogP contribution in [0.25, 0.3) is 0 Å². The minimum Gasteiger partial charge on any atom is -0.471 e. The highest BCUT2D eigenvalue weighted by molar-refractivity contribution is 5.84. The summed E-state index contributed by atoms with van der Waals surface area (Å²) < 4.78 is 5.90. The third kappa shape index (κ3) is 3.83. The lowest BCUT2D eigenvalue weighted by Crippen LogP contribution is -2.37. The van der Waals surface area contributed by atoms with Crippen molar-refractivity contribution >= 4 is 17.5 Å². The fourth-order valence-electron chi connectivity index (χ4n) is 3.25. The second-order valence-corrected chi connectivity index (χ2v) is 6.74. The Kier molecular flexibility index (Phi) is 4.97. The van der Waals surface area contributed by atoms with Crippen molar-refractivity contribution in [3.8, 4) is 5.88 Å². The first kappa shape index (κ1) is 16.7. The van der Waals surface area contributed by atoms with Crippen molar-refractivity contribution < 1.29 is 14.3 Å². The van der Waals surface area contributed by atoms with Crippen LogP contribution in [0, 0.1) is 5.92 Å². The van der Waals surface area contributed by atoms with Gasteiger partial charge >= 0.3 is 0 Å². The molecule has 1 aromatic heterocycles. The van der Waals surface area contributed by atoms with Gasteiger partial charge in [-0.15, -0.1) is 0 Å². The molecule has 2 fully saturated rings. The van der Waals surface area contributed by atoms with Crippen LogP contribution in [0.15, 0.2) is 12.4 Å². The average Bonchev–Trinajstić information content (AvgIpc) is 3.03. The summed E-state index contributed by atoms with van der Waals surface area (Å²) in [6, 6.07) is 0. The normalized spacial score (nSPS) is 21.8. The third-order valence-electron chi connectivity index (χ3n) is 4.69. The summed E-state index contributed by atoms with van der Waals surface area (Å²) in [5.74, 6) is 1.68. The molecule has 2 heterocycles. The van der Waals surface area contributed by atoms with Gasteiger partial charge in [0.15, 0.2) is 5.82 Å². The summed E-state index contributed by atoms with van der Waals surface area (Å²) in [7, 11) is 3.80. The zero-order valence-electron chi connectivity index (χ0n) is 14.3. The van der Waals surface area contributed by atoms with Gasteiger partial charge in [0.25, 0.3) is 0 Å². The lowest BCUT2D eigenvalue weighted by atomic mass is 9.87. The predicted molar refractivity (Wildman–Crippen MR) is 88.9 cm³/mol. The van der Waals surface area contributed by atoms with Crippen molar-refractivity contribution in [3.05, 3.63) is 12.4 Å². The molecule has 24 heavy (non-hydrogen) atoms. The van der Waals surface area contributed by atoms with Crippen molar-refractivity contribution in [3.63, 3.8) is 0 Å². The molecule has 130 valence electrons. The molecule has 1 aromatic rings. The highest BCUT2D eigenvalue weighted by Gasteiger charge is 2.33. The van der Waals surface area contributed by atoms with Crippen LogP contribution in [-0.4, -0.2) is 59.8 Å². The fraction of sp³-hybridized carbons (Fsp3) is 0.647. The zero-order chi connectivity index (χ0) is 17.1. The topological polar surface area (TPSA) is 75.6 Å². The number of likely N-dealkylation sites (tertiary alicyclic amines) is 1. The van der Waals surface area contributed by atoms with Crippen LogP contribution in [0.5, 0.6) is 5.88 Å². The predicted octanol–water partition coefficient (Wildman–Crippen LogP) is 1.28. The van der Waals surface area contributed by atoms with Gasteiger partial charge in [0.1, 0.15) is 11.9 Å². The van der Waals surface area contributed by atoms with E-state index < -0.39 is 0 Å². The van der Waals surface area contributed by atoms with Crippen LogP contribution < -0.4 is 9.64 Å². The van der Waals surface area contributed by atoms with E-state index in [4.69, 9.17) is 4.74 Å². The molecule has 0 aromatic carbocycles. The molecule has 0 spiro atoms. The first-order valence-corrected chi connectivity index (χ1v) is 8.49. The van der Waals surface area contributed by atoms with E-state index in [1.165, 1.54) is 0 Å². The second kappa shape index (κ2) is 7.15. The molecule has 1 amide bonds. The number of amides is 1. The van der Waals surface area contributed by atoms with Gasteiger partial charge in [0.2, 0.25) is 11.8 Å². The Bertz CT molecular complexity index is 610. The molecular weight excluding hydrogens is 308 g/mol. The Labute approximate surface area is 142 Å². The summed E-state index contributed by atoms with van der Waals surface area (Å²) >= 11 is 0. The number of hydrogen-bond acceptors (Lipinski definition) is 6. The van der Waals surface area contributed by atoms with Gasteiger partial charge in [0.05, 0.1) is 18.9 Å². The lowest BCUT2D eigenvalue weighted by molar-refractivity contribution is -0.136. The van der Waals surface area contributed by atoms with Gasteiger partial charge in [-0.3, -0.25) is 14.6 Å². The zero-order valence-corrected chi connectivity index (χ0v) is 14.3. The Hall–Kier alpha value is -2.18. The van der Waals surface area contributed by atoms with E-state index in [0.717, 1.165) is 12.2 Å². The molecular formula is C17H24N4O3. The van der Waals surface area contributed by atoms with E-state index in [1.54, 1.807) is 12.4 Å². The number of nitrogens with zero attached hydrogens (tertiary/aromatic N) is 4. The van der Waals surface area contributed by atoms with Crippen LogP contribution in [0.1, 0.15) is 32.1 Å². The van der Waals surface area contributed by atoms with E-state index in [2.05, 4.69) is 9.97 Å². The van der Waals surface area contributed by atoms with Crippen LogP contribution in [0.4, 0.5) is 5.82 Å².